The summed E-state index contributed by atoms with van der Waals surface area (Å²) in [6.45, 7) is -0.810. The van der Waals surface area contributed by atoms with Crippen LogP contribution in [0.3, 0.4) is 0 Å². The first kappa shape index (κ1) is 19.9. The Morgan fingerprint density at radius 2 is 1.89 bits per heavy atom. The van der Waals surface area contributed by atoms with Crippen molar-refractivity contribution in [1.82, 2.24) is 14.8 Å². The lowest BCUT2D eigenvalue weighted by atomic mass is 10.1. The summed E-state index contributed by atoms with van der Waals surface area (Å²) in [6, 6.07) is 6.98. The van der Waals surface area contributed by atoms with E-state index in [4.69, 9.17) is 23.2 Å². The van der Waals surface area contributed by atoms with Crippen molar-refractivity contribution in [3.8, 4) is 0 Å². The molecule has 1 amide bonds. The molecule has 0 saturated heterocycles. The molecule has 0 atom stereocenters. The molecule has 3 aromatic rings. The van der Waals surface area contributed by atoms with Gasteiger partial charge in [-0.25, -0.2) is 18.4 Å². The highest BCUT2D eigenvalue weighted by Gasteiger charge is 2.24. The van der Waals surface area contributed by atoms with E-state index in [-0.39, 0.29) is 22.8 Å². The summed E-state index contributed by atoms with van der Waals surface area (Å²) in [5.74, 6) is -2.98. The Bertz CT molecular complexity index is 1030. The third-order valence-corrected chi connectivity index (χ3v) is 4.35. The Labute approximate surface area is 168 Å². The average molecular weight is 425 g/mol. The Hall–Kier alpha value is -2.84. The number of carbonyl (C=O) groups is 2. The molecule has 144 valence electrons. The predicted octanol–water partition coefficient (Wildman–Crippen LogP) is 3.78. The highest BCUT2D eigenvalue weighted by Crippen LogP contribution is 2.24. The van der Waals surface area contributed by atoms with E-state index in [0.717, 1.165) is 17.0 Å². The summed E-state index contributed by atoms with van der Waals surface area (Å²) in [7, 11) is 0. The highest BCUT2D eigenvalue weighted by atomic mass is 35.5. The first-order valence-electron chi connectivity index (χ1n) is 7.91. The molecule has 0 spiro atoms. The maximum atomic E-state index is 14.3. The maximum absolute atomic E-state index is 14.3. The number of benzene rings is 2. The molecule has 28 heavy (non-hydrogen) atoms. The molecule has 0 saturated carbocycles. The molecule has 0 radical (unpaired) electrons. The predicted molar refractivity (Wildman–Crippen MR) is 99.5 cm³/mol. The zero-order valence-corrected chi connectivity index (χ0v) is 15.7. The number of halogens is 4. The van der Waals surface area contributed by atoms with Crippen LogP contribution in [-0.2, 0) is 11.3 Å². The molecule has 0 aliphatic rings. The minimum atomic E-state index is -0.984. The van der Waals surface area contributed by atoms with Crippen molar-refractivity contribution in [2.75, 3.05) is 11.4 Å². The van der Waals surface area contributed by atoms with Gasteiger partial charge in [0.05, 0.1) is 17.3 Å². The van der Waals surface area contributed by atoms with Gasteiger partial charge in [0, 0.05) is 16.7 Å². The van der Waals surface area contributed by atoms with Crippen molar-refractivity contribution in [2.45, 2.75) is 6.54 Å². The van der Waals surface area contributed by atoms with E-state index in [9.17, 15) is 18.4 Å². The van der Waals surface area contributed by atoms with Gasteiger partial charge in [0.15, 0.2) is 5.78 Å². The first-order valence-corrected chi connectivity index (χ1v) is 8.67. The van der Waals surface area contributed by atoms with Crippen LogP contribution in [-0.4, -0.2) is 33.0 Å². The standard InChI is InChI=1S/C18H12Cl2F2N4O2/c19-11-1-3-13(14(20)5-11)17(27)7-26(16-4-2-12(21)6-15(16)22)18(28)8-25-10-23-9-24-25/h1-6,9-10H,7-8H2. The summed E-state index contributed by atoms with van der Waals surface area (Å²) in [5, 5.41) is 4.25. The van der Waals surface area contributed by atoms with E-state index in [0.29, 0.717) is 11.1 Å². The number of aromatic nitrogens is 3. The van der Waals surface area contributed by atoms with E-state index in [1.807, 2.05) is 0 Å². The number of Topliss-reactive ketones (excluding diaryl/α,β-unsaturated/α-hetero) is 1. The molecule has 10 heteroatoms. The second-order valence-electron chi connectivity index (χ2n) is 5.72. The second kappa shape index (κ2) is 8.45. The summed E-state index contributed by atoms with van der Waals surface area (Å²) < 4.78 is 28.8. The topological polar surface area (TPSA) is 68.1 Å². The minimum absolute atomic E-state index is 0.0979. The lowest BCUT2D eigenvalue weighted by Gasteiger charge is -2.23. The molecule has 3 rings (SSSR count). The Morgan fingerprint density at radius 1 is 1.11 bits per heavy atom. The molecule has 0 bridgehead atoms. The number of rotatable bonds is 6. The largest absolute Gasteiger partial charge is 0.300 e. The van der Waals surface area contributed by atoms with E-state index >= 15 is 0 Å². The summed E-state index contributed by atoms with van der Waals surface area (Å²) in [5.41, 5.74) is -0.128. The Balaban J connectivity index is 1.93. The molecule has 1 heterocycles. The molecule has 1 aromatic heterocycles. The molecular weight excluding hydrogens is 413 g/mol. The van der Waals surface area contributed by atoms with Crippen molar-refractivity contribution in [3.05, 3.63) is 76.3 Å². The zero-order valence-electron chi connectivity index (χ0n) is 14.2. The van der Waals surface area contributed by atoms with Gasteiger partial charge in [0.1, 0.15) is 30.8 Å². The average Bonchev–Trinajstić information content (AvgIpc) is 3.13. The normalized spacial score (nSPS) is 10.7. The molecule has 0 aliphatic carbocycles. The van der Waals surface area contributed by atoms with Gasteiger partial charge in [-0.05, 0) is 30.3 Å². The van der Waals surface area contributed by atoms with Crippen molar-refractivity contribution in [1.29, 1.82) is 0 Å². The summed E-state index contributed by atoms with van der Waals surface area (Å²) in [4.78, 5) is 30.0. The van der Waals surface area contributed by atoms with E-state index in [1.165, 1.54) is 35.5 Å². The Kier molecular flexibility index (Phi) is 6.01. The third kappa shape index (κ3) is 4.52. The fourth-order valence-corrected chi connectivity index (χ4v) is 3.00. The number of amides is 1. The quantitative estimate of drug-likeness (QED) is 0.564. The minimum Gasteiger partial charge on any atom is -0.300 e. The van der Waals surface area contributed by atoms with Crippen molar-refractivity contribution < 1.29 is 18.4 Å². The van der Waals surface area contributed by atoms with Crippen LogP contribution >= 0.6 is 23.2 Å². The molecule has 0 unspecified atom stereocenters. The highest BCUT2D eigenvalue weighted by molar-refractivity contribution is 6.37. The molecule has 2 aromatic carbocycles. The van der Waals surface area contributed by atoms with Gasteiger partial charge < -0.3 is 4.90 Å². The van der Waals surface area contributed by atoms with Crippen LogP contribution in [0.4, 0.5) is 14.5 Å². The lowest BCUT2D eigenvalue weighted by Crippen LogP contribution is -2.38. The van der Waals surface area contributed by atoms with Crippen molar-refractivity contribution in [2.24, 2.45) is 0 Å². The van der Waals surface area contributed by atoms with Gasteiger partial charge in [-0.1, -0.05) is 23.2 Å². The number of hydrogen-bond donors (Lipinski definition) is 0. The molecular formula is C18H12Cl2F2N4O2. The van der Waals surface area contributed by atoms with Gasteiger partial charge in [0.25, 0.3) is 0 Å². The van der Waals surface area contributed by atoms with Gasteiger partial charge in [-0.2, -0.15) is 5.10 Å². The SMILES string of the molecule is O=C(CN(C(=O)Cn1cncn1)c1ccc(F)cc1F)c1ccc(Cl)cc1Cl. The fraction of sp³-hybridized carbons (Fsp3) is 0.111. The van der Waals surface area contributed by atoms with Crippen molar-refractivity contribution in [3.63, 3.8) is 0 Å². The van der Waals surface area contributed by atoms with Crippen LogP contribution in [0, 0.1) is 11.6 Å². The molecule has 0 fully saturated rings. The number of anilines is 1. The van der Waals surface area contributed by atoms with Crippen LogP contribution < -0.4 is 4.90 Å². The molecule has 6 nitrogen and oxygen atoms in total. The third-order valence-electron chi connectivity index (χ3n) is 3.80. The van der Waals surface area contributed by atoms with Gasteiger partial charge in [-0.15, -0.1) is 0 Å². The van der Waals surface area contributed by atoms with Crippen molar-refractivity contribution >= 4 is 40.6 Å². The van der Waals surface area contributed by atoms with E-state index in [2.05, 4.69) is 10.1 Å². The smallest absolute Gasteiger partial charge is 0.249 e. The van der Waals surface area contributed by atoms with Crippen LogP contribution in [0.5, 0.6) is 0 Å². The number of hydrogen-bond acceptors (Lipinski definition) is 4. The van der Waals surface area contributed by atoms with Gasteiger partial charge >= 0.3 is 0 Å². The molecule has 0 N–H and O–H groups in total. The van der Waals surface area contributed by atoms with Gasteiger partial charge in [0.2, 0.25) is 5.91 Å². The van der Waals surface area contributed by atoms with E-state index < -0.39 is 29.9 Å². The number of nitrogens with zero attached hydrogens (tertiary/aromatic N) is 4. The Morgan fingerprint density at radius 3 is 2.54 bits per heavy atom. The molecule has 0 aliphatic heterocycles. The monoisotopic (exact) mass is 424 g/mol. The maximum Gasteiger partial charge on any atom is 0.249 e. The van der Waals surface area contributed by atoms with Crippen LogP contribution in [0.25, 0.3) is 0 Å². The van der Waals surface area contributed by atoms with Crippen LogP contribution in [0.15, 0.2) is 49.1 Å². The zero-order chi connectivity index (χ0) is 20.3. The summed E-state index contributed by atoms with van der Waals surface area (Å²) >= 11 is 11.9. The van der Waals surface area contributed by atoms with E-state index in [1.54, 1.807) is 0 Å². The number of carbonyl (C=O) groups excluding carboxylic acids is 2. The van der Waals surface area contributed by atoms with Gasteiger partial charge in [-0.3, -0.25) is 9.59 Å². The fourth-order valence-electron chi connectivity index (χ4n) is 2.49. The van der Waals surface area contributed by atoms with Crippen LogP contribution in [0.1, 0.15) is 10.4 Å². The first-order chi connectivity index (χ1) is 13.3. The van der Waals surface area contributed by atoms with Crippen LogP contribution in [0.2, 0.25) is 10.0 Å². The summed E-state index contributed by atoms with van der Waals surface area (Å²) in [6.07, 6.45) is 2.53. The lowest BCUT2D eigenvalue weighted by molar-refractivity contribution is -0.119. The second-order valence-corrected chi connectivity index (χ2v) is 6.56. The number of ketones is 1.